The van der Waals surface area contributed by atoms with Crippen molar-refractivity contribution in [1.82, 2.24) is 5.32 Å². The summed E-state index contributed by atoms with van der Waals surface area (Å²) in [6.07, 6.45) is 9.08. The van der Waals surface area contributed by atoms with E-state index in [1.54, 1.807) is 0 Å². The van der Waals surface area contributed by atoms with Gasteiger partial charge in [0.1, 0.15) is 5.84 Å². The molecule has 6 heteroatoms. The summed E-state index contributed by atoms with van der Waals surface area (Å²) in [5, 5.41) is 30.9. The fourth-order valence-electron chi connectivity index (χ4n) is 2.37. The summed E-state index contributed by atoms with van der Waals surface area (Å²) < 4.78 is 0. The van der Waals surface area contributed by atoms with Gasteiger partial charge >= 0.3 is 0 Å². The Hall–Kier alpha value is -2.76. The molecule has 0 aromatic heterocycles. The van der Waals surface area contributed by atoms with Crippen molar-refractivity contribution in [3.05, 3.63) is 54.6 Å². The quantitative estimate of drug-likeness (QED) is 0.320. The molecule has 1 aromatic carbocycles. The molecular formula is C20H28N6. The highest BCUT2D eigenvalue weighted by molar-refractivity contribution is 5.94. The van der Waals surface area contributed by atoms with Crippen molar-refractivity contribution in [2.45, 2.75) is 26.3 Å². The highest BCUT2D eigenvalue weighted by atomic mass is 15.1. The monoisotopic (exact) mass is 352 g/mol. The number of benzene rings is 1. The number of anilines is 1. The predicted octanol–water partition coefficient (Wildman–Crippen LogP) is 4.25. The van der Waals surface area contributed by atoms with Crippen LogP contribution in [-0.2, 0) is 0 Å². The summed E-state index contributed by atoms with van der Waals surface area (Å²) in [4.78, 5) is 0. The van der Waals surface area contributed by atoms with Crippen molar-refractivity contribution in [2.24, 2.45) is 22.1 Å². The van der Waals surface area contributed by atoms with Crippen LogP contribution in [0.1, 0.15) is 20.3 Å². The lowest BCUT2D eigenvalue weighted by Gasteiger charge is -2.20. The highest BCUT2D eigenvalue weighted by Gasteiger charge is 2.13. The van der Waals surface area contributed by atoms with Crippen molar-refractivity contribution in [1.29, 1.82) is 10.8 Å². The van der Waals surface area contributed by atoms with E-state index in [0.717, 1.165) is 12.1 Å². The van der Waals surface area contributed by atoms with Crippen LogP contribution < -0.4 is 10.6 Å². The van der Waals surface area contributed by atoms with Crippen molar-refractivity contribution in [3.63, 3.8) is 0 Å². The summed E-state index contributed by atoms with van der Waals surface area (Å²) in [6.45, 7) is 4.86. The summed E-state index contributed by atoms with van der Waals surface area (Å²) >= 11 is 0. The maximum atomic E-state index is 8.13. The Bertz CT molecular complexity index is 677. The molecule has 0 fully saturated rings. The first kappa shape index (κ1) is 19.6. The minimum absolute atomic E-state index is 0.00439. The molecule has 1 aliphatic rings. The molecule has 0 amide bonds. The smallest absolute Gasteiger partial charge is 0.102 e. The third-order valence-electron chi connectivity index (χ3n) is 4.17. The van der Waals surface area contributed by atoms with E-state index in [-0.39, 0.29) is 17.9 Å². The number of nitrogens with one attached hydrogen (secondary N) is 4. The zero-order valence-electron chi connectivity index (χ0n) is 15.4. The lowest BCUT2D eigenvalue weighted by Crippen LogP contribution is -2.37. The van der Waals surface area contributed by atoms with Gasteiger partial charge in [0.25, 0.3) is 0 Å². The molecule has 138 valence electrons. The van der Waals surface area contributed by atoms with Crippen LogP contribution in [0, 0.1) is 22.7 Å². The molecule has 6 nitrogen and oxygen atoms in total. The average molecular weight is 352 g/mol. The zero-order chi connectivity index (χ0) is 18.8. The lowest BCUT2D eigenvalue weighted by molar-refractivity contribution is 0.643. The third-order valence-corrected chi connectivity index (χ3v) is 4.17. The van der Waals surface area contributed by atoms with Gasteiger partial charge in [-0.15, -0.1) is 0 Å². The van der Waals surface area contributed by atoms with Crippen LogP contribution in [0.3, 0.4) is 0 Å². The Morgan fingerprint density at radius 3 is 2.31 bits per heavy atom. The molecule has 0 aliphatic heterocycles. The number of rotatable bonds is 8. The summed E-state index contributed by atoms with van der Waals surface area (Å²) in [5.74, 6) is 0.872. The molecule has 1 aromatic rings. The topological polar surface area (TPSA) is 96.5 Å². The molecule has 0 saturated carbocycles. The van der Waals surface area contributed by atoms with Gasteiger partial charge in [-0.2, -0.15) is 10.2 Å². The van der Waals surface area contributed by atoms with E-state index in [0.29, 0.717) is 24.8 Å². The minimum atomic E-state index is -0.0361. The minimum Gasteiger partial charge on any atom is -0.367 e. The molecule has 0 heterocycles. The molecule has 0 spiro atoms. The number of allylic oxidation sites excluding steroid dienone is 2. The van der Waals surface area contributed by atoms with Crippen LogP contribution in [0.5, 0.6) is 0 Å². The van der Waals surface area contributed by atoms with E-state index in [4.69, 9.17) is 10.8 Å². The van der Waals surface area contributed by atoms with Crippen LogP contribution >= 0.6 is 0 Å². The first-order valence-corrected chi connectivity index (χ1v) is 8.98. The Labute approximate surface area is 155 Å². The van der Waals surface area contributed by atoms with E-state index < -0.39 is 0 Å². The Balaban J connectivity index is 1.68. The van der Waals surface area contributed by atoms with E-state index in [2.05, 4.69) is 33.0 Å². The summed E-state index contributed by atoms with van der Waals surface area (Å²) in [6, 6.07) is 9.87. The highest BCUT2D eigenvalue weighted by Crippen LogP contribution is 2.09. The molecule has 2 rings (SSSR count). The average Bonchev–Trinajstić information content (AvgIpc) is 2.66. The molecule has 3 atom stereocenters. The van der Waals surface area contributed by atoms with E-state index >= 15 is 0 Å². The SMILES string of the molecule is CC(CN=NCC(C)C(=N)NC1C=CC=CC1)C(=N)Nc1ccccc1. The second-order valence-corrected chi connectivity index (χ2v) is 6.57. The van der Waals surface area contributed by atoms with Gasteiger partial charge in [-0.05, 0) is 18.6 Å². The van der Waals surface area contributed by atoms with Crippen LogP contribution in [0.2, 0.25) is 0 Å². The zero-order valence-corrected chi connectivity index (χ0v) is 15.4. The molecule has 0 saturated heterocycles. The van der Waals surface area contributed by atoms with Gasteiger partial charge in [0.15, 0.2) is 0 Å². The number of nitrogens with zero attached hydrogens (tertiary/aromatic N) is 2. The van der Waals surface area contributed by atoms with Crippen LogP contribution in [0.15, 0.2) is 64.9 Å². The maximum absolute atomic E-state index is 8.13. The van der Waals surface area contributed by atoms with Gasteiger partial charge in [0.05, 0.1) is 18.9 Å². The first-order valence-electron chi connectivity index (χ1n) is 8.98. The van der Waals surface area contributed by atoms with Crippen LogP contribution in [0.25, 0.3) is 0 Å². The van der Waals surface area contributed by atoms with Gasteiger partial charge in [-0.25, -0.2) is 0 Å². The van der Waals surface area contributed by atoms with Gasteiger partial charge in [0, 0.05) is 23.6 Å². The van der Waals surface area contributed by atoms with Crippen molar-refractivity contribution in [2.75, 3.05) is 18.4 Å². The fraction of sp³-hybridized carbons (Fsp3) is 0.400. The lowest BCUT2D eigenvalue weighted by atomic mass is 10.1. The first-order chi connectivity index (χ1) is 12.6. The molecule has 26 heavy (non-hydrogen) atoms. The molecule has 1 aliphatic carbocycles. The predicted molar refractivity (Wildman–Crippen MR) is 108 cm³/mol. The molecular weight excluding hydrogens is 324 g/mol. The van der Waals surface area contributed by atoms with Gasteiger partial charge < -0.3 is 10.6 Å². The van der Waals surface area contributed by atoms with Gasteiger partial charge in [-0.3, -0.25) is 10.8 Å². The van der Waals surface area contributed by atoms with Crippen molar-refractivity contribution >= 4 is 17.4 Å². The van der Waals surface area contributed by atoms with E-state index in [9.17, 15) is 0 Å². The molecule has 3 unspecified atom stereocenters. The molecule has 4 N–H and O–H groups in total. The second kappa shape index (κ2) is 10.3. The second-order valence-electron chi connectivity index (χ2n) is 6.57. The van der Waals surface area contributed by atoms with Crippen molar-refractivity contribution in [3.8, 4) is 0 Å². The Morgan fingerprint density at radius 1 is 1.04 bits per heavy atom. The van der Waals surface area contributed by atoms with Gasteiger partial charge in [-0.1, -0.05) is 56.4 Å². The summed E-state index contributed by atoms with van der Waals surface area (Å²) in [7, 11) is 0. The Morgan fingerprint density at radius 2 is 1.69 bits per heavy atom. The number of azo groups is 1. The number of amidine groups is 2. The summed E-state index contributed by atoms with van der Waals surface area (Å²) in [5.41, 5.74) is 0.904. The Kier molecular flexibility index (Phi) is 7.74. The maximum Gasteiger partial charge on any atom is 0.102 e. The third kappa shape index (κ3) is 6.63. The fourth-order valence-corrected chi connectivity index (χ4v) is 2.37. The largest absolute Gasteiger partial charge is 0.367 e. The standard InChI is InChI=1S/C20H28N6/c1-15(19(21)25-17-9-5-3-6-10-17)13-23-24-14-16(2)20(22)26-18-11-7-4-8-12-18/h3-11,15-16,18H,12-14H2,1-2H3,(H2,21,25)(H2,22,26). The van der Waals surface area contributed by atoms with Crippen molar-refractivity contribution < 1.29 is 0 Å². The van der Waals surface area contributed by atoms with E-state index in [1.807, 2.05) is 56.3 Å². The molecule has 0 radical (unpaired) electrons. The normalized spacial score (nSPS) is 18.5. The van der Waals surface area contributed by atoms with Gasteiger partial charge in [0.2, 0.25) is 0 Å². The van der Waals surface area contributed by atoms with E-state index in [1.165, 1.54) is 0 Å². The van der Waals surface area contributed by atoms with Crippen LogP contribution in [-0.4, -0.2) is 30.8 Å². The van der Waals surface area contributed by atoms with Crippen LogP contribution in [0.4, 0.5) is 5.69 Å². The number of hydrogen-bond acceptors (Lipinski definition) is 4. The number of para-hydroxylation sites is 1. The number of hydrogen-bond donors (Lipinski definition) is 4. The molecule has 0 bridgehead atoms.